The average molecular weight is 283 g/mol. The molecule has 0 radical (unpaired) electrons. The Morgan fingerprint density at radius 1 is 1.00 bits per heavy atom. The first kappa shape index (κ1) is 15.6. The molecular weight excluding hydrogens is 258 g/mol. The molecule has 2 heteroatoms. The molecule has 0 fully saturated rings. The highest BCUT2D eigenvalue weighted by Crippen LogP contribution is 2.26. The summed E-state index contributed by atoms with van der Waals surface area (Å²) in [6, 6.07) is 17.5. The number of methoxy groups -OCH3 is 1. The molecular formula is C19H25NO. The lowest BCUT2D eigenvalue weighted by Crippen LogP contribution is -2.21. The smallest absolute Gasteiger partial charge is 0.118 e. The molecule has 1 N–H and O–H groups in total. The molecule has 0 saturated heterocycles. The highest BCUT2D eigenvalue weighted by Gasteiger charge is 2.09. The number of hydrogen-bond acceptors (Lipinski definition) is 2. The summed E-state index contributed by atoms with van der Waals surface area (Å²) in [5.74, 6) is 0.894. The Labute approximate surface area is 128 Å². The van der Waals surface area contributed by atoms with Crippen molar-refractivity contribution in [2.24, 2.45) is 0 Å². The summed E-state index contributed by atoms with van der Waals surface area (Å²) in [4.78, 5) is 0. The van der Waals surface area contributed by atoms with Gasteiger partial charge < -0.3 is 10.1 Å². The summed E-state index contributed by atoms with van der Waals surface area (Å²) >= 11 is 0. The third-order valence-electron chi connectivity index (χ3n) is 3.76. The van der Waals surface area contributed by atoms with Crippen molar-refractivity contribution in [3.63, 3.8) is 0 Å². The van der Waals surface area contributed by atoms with Gasteiger partial charge in [-0.1, -0.05) is 44.2 Å². The predicted octanol–water partition coefficient (Wildman–Crippen LogP) is 4.81. The van der Waals surface area contributed by atoms with Gasteiger partial charge in [0.15, 0.2) is 0 Å². The molecule has 1 unspecified atom stereocenters. The van der Waals surface area contributed by atoms with Gasteiger partial charge >= 0.3 is 0 Å². The number of benzene rings is 2. The highest BCUT2D eigenvalue weighted by atomic mass is 16.5. The van der Waals surface area contributed by atoms with E-state index in [-0.39, 0.29) is 0 Å². The number of nitrogens with one attached hydrogen (secondary N) is 1. The molecule has 2 rings (SSSR count). The minimum absolute atomic E-state index is 0.433. The molecule has 0 bridgehead atoms. The second-order valence-corrected chi connectivity index (χ2v) is 5.27. The average Bonchev–Trinajstić information content (AvgIpc) is 2.56. The molecule has 0 aliphatic rings. The Hall–Kier alpha value is -1.80. The van der Waals surface area contributed by atoms with Crippen LogP contribution in [-0.2, 0) is 0 Å². The normalized spacial score (nSPS) is 12.1. The largest absolute Gasteiger partial charge is 0.497 e. The zero-order chi connectivity index (χ0) is 15.1. The minimum Gasteiger partial charge on any atom is -0.497 e. The van der Waals surface area contributed by atoms with Gasteiger partial charge in [-0.15, -0.1) is 0 Å². The first-order chi connectivity index (χ1) is 10.3. The highest BCUT2D eigenvalue weighted by molar-refractivity contribution is 5.65. The second-order valence-electron chi connectivity index (χ2n) is 5.27. The van der Waals surface area contributed by atoms with Gasteiger partial charge in [0.25, 0.3) is 0 Å². The maximum Gasteiger partial charge on any atom is 0.118 e. The molecule has 0 aliphatic heterocycles. The fourth-order valence-corrected chi connectivity index (χ4v) is 2.53. The zero-order valence-corrected chi connectivity index (χ0v) is 13.2. The quantitative estimate of drug-likeness (QED) is 0.787. The molecule has 2 aromatic rings. The summed E-state index contributed by atoms with van der Waals surface area (Å²) in [5.41, 5.74) is 3.84. The standard InChI is InChI=1S/C19H25NO/c1-4-13-20-19(5-2)17-8-6-7-16(14-17)15-9-11-18(21-3)12-10-15/h6-12,14,19-20H,4-5,13H2,1-3H3. The van der Waals surface area contributed by atoms with E-state index in [1.165, 1.54) is 16.7 Å². The van der Waals surface area contributed by atoms with Gasteiger partial charge in [-0.3, -0.25) is 0 Å². The molecule has 1 atom stereocenters. The van der Waals surface area contributed by atoms with Crippen LogP contribution < -0.4 is 10.1 Å². The lowest BCUT2D eigenvalue weighted by atomic mass is 9.98. The molecule has 0 aliphatic carbocycles. The van der Waals surface area contributed by atoms with Crippen LogP contribution in [0, 0.1) is 0 Å². The van der Waals surface area contributed by atoms with Gasteiger partial charge in [0.2, 0.25) is 0 Å². The Morgan fingerprint density at radius 3 is 2.38 bits per heavy atom. The summed E-state index contributed by atoms with van der Waals surface area (Å²) in [6.07, 6.45) is 2.26. The van der Waals surface area contributed by atoms with Crippen molar-refractivity contribution < 1.29 is 4.74 Å². The monoisotopic (exact) mass is 283 g/mol. The maximum atomic E-state index is 5.22. The molecule has 21 heavy (non-hydrogen) atoms. The van der Waals surface area contributed by atoms with E-state index in [1.807, 2.05) is 12.1 Å². The van der Waals surface area contributed by atoms with Crippen LogP contribution in [0.5, 0.6) is 5.75 Å². The van der Waals surface area contributed by atoms with Crippen LogP contribution in [0.15, 0.2) is 48.5 Å². The van der Waals surface area contributed by atoms with Crippen molar-refractivity contribution in [1.82, 2.24) is 5.32 Å². The van der Waals surface area contributed by atoms with Crippen molar-refractivity contribution in [3.05, 3.63) is 54.1 Å². The van der Waals surface area contributed by atoms with Gasteiger partial charge in [-0.2, -0.15) is 0 Å². The molecule has 2 nitrogen and oxygen atoms in total. The maximum absolute atomic E-state index is 5.22. The van der Waals surface area contributed by atoms with Crippen LogP contribution in [-0.4, -0.2) is 13.7 Å². The lowest BCUT2D eigenvalue weighted by Gasteiger charge is -2.18. The molecule has 0 heterocycles. The Morgan fingerprint density at radius 2 is 1.76 bits per heavy atom. The fourth-order valence-electron chi connectivity index (χ4n) is 2.53. The summed E-state index contributed by atoms with van der Waals surface area (Å²) in [6.45, 7) is 5.49. The number of rotatable bonds is 7. The number of ether oxygens (including phenoxy) is 1. The predicted molar refractivity (Wildman–Crippen MR) is 89.8 cm³/mol. The van der Waals surface area contributed by atoms with Crippen LogP contribution in [0.1, 0.15) is 38.3 Å². The Kier molecular flexibility index (Phi) is 5.82. The van der Waals surface area contributed by atoms with Gasteiger partial charge in [-0.05, 0) is 54.3 Å². The van der Waals surface area contributed by atoms with E-state index in [0.717, 1.165) is 25.1 Å². The van der Waals surface area contributed by atoms with Crippen molar-refractivity contribution in [2.75, 3.05) is 13.7 Å². The molecule has 112 valence electrons. The molecule has 2 aromatic carbocycles. The van der Waals surface area contributed by atoms with Crippen LogP contribution in [0.4, 0.5) is 0 Å². The van der Waals surface area contributed by atoms with E-state index in [0.29, 0.717) is 6.04 Å². The molecule has 0 amide bonds. The first-order valence-electron chi connectivity index (χ1n) is 7.76. The molecule has 0 aromatic heterocycles. The first-order valence-corrected chi connectivity index (χ1v) is 7.76. The Bertz CT molecular complexity index is 548. The van der Waals surface area contributed by atoms with Gasteiger partial charge in [0.1, 0.15) is 5.75 Å². The third kappa shape index (κ3) is 4.08. The van der Waals surface area contributed by atoms with E-state index in [4.69, 9.17) is 4.74 Å². The van der Waals surface area contributed by atoms with Crippen molar-refractivity contribution >= 4 is 0 Å². The van der Waals surface area contributed by atoms with Crippen LogP contribution in [0.2, 0.25) is 0 Å². The van der Waals surface area contributed by atoms with Gasteiger partial charge in [0, 0.05) is 6.04 Å². The summed E-state index contributed by atoms with van der Waals surface area (Å²) in [7, 11) is 1.70. The van der Waals surface area contributed by atoms with E-state index >= 15 is 0 Å². The zero-order valence-electron chi connectivity index (χ0n) is 13.2. The molecule has 0 spiro atoms. The third-order valence-corrected chi connectivity index (χ3v) is 3.76. The van der Waals surface area contributed by atoms with E-state index < -0.39 is 0 Å². The van der Waals surface area contributed by atoms with Crippen molar-refractivity contribution in [3.8, 4) is 16.9 Å². The van der Waals surface area contributed by atoms with Crippen molar-refractivity contribution in [1.29, 1.82) is 0 Å². The number of hydrogen-bond donors (Lipinski definition) is 1. The molecule has 0 saturated carbocycles. The lowest BCUT2D eigenvalue weighted by molar-refractivity contribution is 0.415. The fraction of sp³-hybridized carbons (Fsp3) is 0.368. The SMILES string of the molecule is CCCNC(CC)c1cccc(-c2ccc(OC)cc2)c1. The summed E-state index contributed by atoms with van der Waals surface area (Å²) in [5, 5.41) is 3.61. The minimum atomic E-state index is 0.433. The van der Waals surface area contributed by atoms with Gasteiger partial charge in [0.05, 0.1) is 7.11 Å². The van der Waals surface area contributed by atoms with Gasteiger partial charge in [-0.25, -0.2) is 0 Å². The topological polar surface area (TPSA) is 21.3 Å². The van der Waals surface area contributed by atoms with E-state index in [9.17, 15) is 0 Å². The summed E-state index contributed by atoms with van der Waals surface area (Å²) < 4.78 is 5.22. The van der Waals surface area contributed by atoms with Crippen LogP contribution >= 0.6 is 0 Å². The van der Waals surface area contributed by atoms with Crippen LogP contribution in [0.25, 0.3) is 11.1 Å². The van der Waals surface area contributed by atoms with E-state index in [1.54, 1.807) is 7.11 Å². The Balaban J connectivity index is 2.23. The van der Waals surface area contributed by atoms with Crippen LogP contribution in [0.3, 0.4) is 0 Å². The second kappa shape index (κ2) is 7.84. The van der Waals surface area contributed by atoms with E-state index in [2.05, 4.69) is 55.6 Å². The van der Waals surface area contributed by atoms with Crippen molar-refractivity contribution in [2.45, 2.75) is 32.7 Å².